The number of thiophene rings is 1. The molecule has 0 spiro atoms. The molecule has 3 nitrogen and oxygen atoms in total. The van der Waals surface area contributed by atoms with Crippen LogP contribution in [-0.2, 0) is 11.2 Å². The molecule has 1 fully saturated rings. The van der Waals surface area contributed by atoms with E-state index in [-0.39, 0.29) is 23.7 Å². The van der Waals surface area contributed by atoms with E-state index in [2.05, 4.69) is 10.6 Å². The van der Waals surface area contributed by atoms with Gasteiger partial charge in [-0.3, -0.25) is 4.79 Å². The van der Waals surface area contributed by atoms with Gasteiger partial charge in [0.1, 0.15) is 0 Å². The van der Waals surface area contributed by atoms with Gasteiger partial charge >= 0.3 is 0 Å². The second-order valence-corrected chi connectivity index (χ2v) is 6.50. The first-order valence-electron chi connectivity index (χ1n) is 5.83. The van der Waals surface area contributed by atoms with Gasteiger partial charge in [0.05, 0.1) is 9.75 Å². The SMILES string of the molecule is CC1(C(=O)NCCc2ccc(Cl)s2)CCNC1.Cl. The van der Waals surface area contributed by atoms with E-state index >= 15 is 0 Å². The third-order valence-electron chi connectivity index (χ3n) is 3.20. The molecule has 2 N–H and O–H groups in total. The van der Waals surface area contributed by atoms with Gasteiger partial charge in [-0.25, -0.2) is 0 Å². The molecule has 1 aromatic heterocycles. The fourth-order valence-corrected chi connectivity index (χ4v) is 3.10. The van der Waals surface area contributed by atoms with Crippen molar-refractivity contribution in [3.05, 3.63) is 21.3 Å². The Kier molecular flexibility index (Phi) is 5.92. The third kappa shape index (κ3) is 3.85. The minimum Gasteiger partial charge on any atom is -0.355 e. The van der Waals surface area contributed by atoms with Crippen LogP contribution < -0.4 is 10.6 Å². The number of rotatable bonds is 4. The Labute approximate surface area is 123 Å². The molecule has 0 bridgehead atoms. The van der Waals surface area contributed by atoms with Crippen LogP contribution in [0.2, 0.25) is 4.34 Å². The van der Waals surface area contributed by atoms with Gasteiger partial charge in [0.2, 0.25) is 5.91 Å². The first-order valence-corrected chi connectivity index (χ1v) is 7.03. The van der Waals surface area contributed by atoms with E-state index in [1.54, 1.807) is 11.3 Å². The monoisotopic (exact) mass is 308 g/mol. The quantitative estimate of drug-likeness (QED) is 0.897. The molecule has 1 aliphatic heterocycles. The zero-order valence-corrected chi connectivity index (χ0v) is 12.7. The van der Waals surface area contributed by atoms with Crippen LogP contribution >= 0.6 is 35.3 Å². The predicted octanol–water partition coefficient (Wildman–Crippen LogP) is 2.48. The summed E-state index contributed by atoms with van der Waals surface area (Å²) in [6.07, 6.45) is 1.77. The van der Waals surface area contributed by atoms with Gasteiger partial charge in [0, 0.05) is 18.0 Å². The zero-order chi connectivity index (χ0) is 12.3. The summed E-state index contributed by atoms with van der Waals surface area (Å²) in [6.45, 7) is 4.42. The van der Waals surface area contributed by atoms with E-state index < -0.39 is 0 Å². The first-order chi connectivity index (χ1) is 8.10. The van der Waals surface area contributed by atoms with E-state index in [9.17, 15) is 4.79 Å². The van der Waals surface area contributed by atoms with Crippen LogP contribution in [0.4, 0.5) is 0 Å². The van der Waals surface area contributed by atoms with Crippen molar-refractivity contribution in [1.29, 1.82) is 0 Å². The standard InChI is InChI=1S/C12H17ClN2OS.ClH/c1-12(5-7-14-8-12)11(16)15-6-4-9-2-3-10(13)17-9;/h2-3,14H,4-8H2,1H3,(H,15,16);1H. The molecule has 1 saturated heterocycles. The molecule has 1 aromatic rings. The fourth-order valence-electron chi connectivity index (χ4n) is 2.01. The van der Waals surface area contributed by atoms with Crippen molar-refractivity contribution in [3.63, 3.8) is 0 Å². The molecule has 0 radical (unpaired) electrons. The summed E-state index contributed by atoms with van der Waals surface area (Å²) in [7, 11) is 0. The lowest BCUT2D eigenvalue weighted by atomic mass is 9.89. The fraction of sp³-hybridized carbons (Fsp3) is 0.583. The Hall–Kier alpha value is -0.290. The van der Waals surface area contributed by atoms with Crippen LogP contribution in [0, 0.1) is 5.41 Å². The summed E-state index contributed by atoms with van der Waals surface area (Å²) in [5.74, 6) is 0.158. The van der Waals surface area contributed by atoms with E-state index in [1.807, 2.05) is 19.1 Å². The Bertz CT molecular complexity index is 403. The highest BCUT2D eigenvalue weighted by Crippen LogP contribution is 2.24. The number of halogens is 2. The maximum atomic E-state index is 12.0. The Balaban J connectivity index is 0.00000162. The average Bonchev–Trinajstić information content (AvgIpc) is 2.89. The van der Waals surface area contributed by atoms with Crippen molar-refractivity contribution in [2.75, 3.05) is 19.6 Å². The van der Waals surface area contributed by atoms with Crippen molar-refractivity contribution in [1.82, 2.24) is 10.6 Å². The number of nitrogens with one attached hydrogen (secondary N) is 2. The second kappa shape index (κ2) is 6.75. The van der Waals surface area contributed by atoms with Crippen molar-refractivity contribution < 1.29 is 4.79 Å². The Morgan fingerprint density at radius 2 is 2.39 bits per heavy atom. The van der Waals surface area contributed by atoms with Gasteiger partial charge in [-0.05, 0) is 38.4 Å². The summed E-state index contributed by atoms with van der Waals surface area (Å²) < 4.78 is 0.804. The topological polar surface area (TPSA) is 41.1 Å². The minimum absolute atomic E-state index is 0. The number of hydrogen-bond donors (Lipinski definition) is 2. The summed E-state index contributed by atoms with van der Waals surface area (Å²) in [5.41, 5.74) is -0.229. The molecular weight excluding hydrogens is 291 g/mol. The molecule has 0 saturated carbocycles. The highest BCUT2D eigenvalue weighted by atomic mass is 35.5. The maximum absolute atomic E-state index is 12.0. The molecule has 1 unspecified atom stereocenters. The lowest BCUT2D eigenvalue weighted by molar-refractivity contribution is -0.129. The first kappa shape index (κ1) is 15.8. The predicted molar refractivity (Wildman–Crippen MR) is 78.9 cm³/mol. The molecule has 0 aromatic carbocycles. The second-order valence-electron chi connectivity index (χ2n) is 4.70. The van der Waals surface area contributed by atoms with Crippen LogP contribution in [0.15, 0.2) is 12.1 Å². The normalized spacial score (nSPS) is 22.6. The van der Waals surface area contributed by atoms with Gasteiger partial charge in [0.15, 0.2) is 0 Å². The molecule has 6 heteroatoms. The lowest BCUT2D eigenvalue weighted by Crippen LogP contribution is -2.41. The van der Waals surface area contributed by atoms with E-state index in [0.717, 1.165) is 30.3 Å². The molecule has 2 rings (SSSR count). The van der Waals surface area contributed by atoms with Gasteiger partial charge in [-0.15, -0.1) is 23.7 Å². The lowest BCUT2D eigenvalue weighted by Gasteiger charge is -2.21. The van der Waals surface area contributed by atoms with Crippen molar-refractivity contribution in [2.24, 2.45) is 5.41 Å². The van der Waals surface area contributed by atoms with E-state index in [4.69, 9.17) is 11.6 Å². The van der Waals surface area contributed by atoms with Crippen molar-refractivity contribution >= 4 is 41.3 Å². The van der Waals surface area contributed by atoms with Crippen LogP contribution in [0.1, 0.15) is 18.2 Å². The third-order valence-corrected chi connectivity index (χ3v) is 4.49. The number of carbonyl (C=O) groups is 1. The van der Waals surface area contributed by atoms with Crippen LogP contribution in [0.5, 0.6) is 0 Å². The Morgan fingerprint density at radius 1 is 1.61 bits per heavy atom. The summed E-state index contributed by atoms with van der Waals surface area (Å²) in [5, 5.41) is 6.24. The van der Waals surface area contributed by atoms with Crippen LogP contribution in [0.25, 0.3) is 0 Å². The van der Waals surface area contributed by atoms with Crippen molar-refractivity contribution in [2.45, 2.75) is 19.8 Å². The minimum atomic E-state index is -0.229. The van der Waals surface area contributed by atoms with Crippen LogP contribution in [0.3, 0.4) is 0 Å². The summed E-state index contributed by atoms with van der Waals surface area (Å²) in [6, 6.07) is 3.91. The zero-order valence-electron chi connectivity index (χ0n) is 10.3. The molecular formula is C12H18Cl2N2OS. The van der Waals surface area contributed by atoms with Crippen LogP contribution in [-0.4, -0.2) is 25.5 Å². The van der Waals surface area contributed by atoms with E-state index in [1.165, 1.54) is 4.88 Å². The van der Waals surface area contributed by atoms with Gasteiger partial charge in [-0.2, -0.15) is 0 Å². The van der Waals surface area contributed by atoms with E-state index in [0.29, 0.717) is 6.54 Å². The molecule has 1 atom stereocenters. The molecule has 1 amide bonds. The average molecular weight is 309 g/mol. The van der Waals surface area contributed by atoms with Gasteiger partial charge in [0.25, 0.3) is 0 Å². The van der Waals surface area contributed by atoms with Gasteiger partial charge in [-0.1, -0.05) is 11.6 Å². The maximum Gasteiger partial charge on any atom is 0.227 e. The number of amides is 1. The van der Waals surface area contributed by atoms with Crippen molar-refractivity contribution in [3.8, 4) is 0 Å². The van der Waals surface area contributed by atoms with Gasteiger partial charge < -0.3 is 10.6 Å². The molecule has 0 aliphatic carbocycles. The largest absolute Gasteiger partial charge is 0.355 e. The Morgan fingerprint density at radius 3 is 2.94 bits per heavy atom. The molecule has 1 aliphatic rings. The highest BCUT2D eigenvalue weighted by Gasteiger charge is 2.35. The summed E-state index contributed by atoms with van der Waals surface area (Å²) >= 11 is 7.42. The summed E-state index contributed by atoms with van der Waals surface area (Å²) in [4.78, 5) is 13.2. The molecule has 102 valence electrons. The molecule has 18 heavy (non-hydrogen) atoms. The molecule has 2 heterocycles. The number of carbonyl (C=O) groups excluding carboxylic acids is 1. The number of hydrogen-bond acceptors (Lipinski definition) is 3. The highest BCUT2D eigenvalue weighted by molar-refractivity contribution is 7.16. The smallest absolute Gasteiger partial charge is 0.227 e.